The van der Waals surface area contributed by atoms with Crippen LogP contribution in [0.1, 0.15) is 34.6 Å². The van der Waals surface area contributed by atoms with Crippen molar-refractivity contribution < 1.29 is 14.3 Å². The Hall–Kier alpha value is -1.35. The maximum atomic E-state index is 11.2. The Kier molecular flexibility index (Phi) is 4.49. The highest BCUT2D eigenvalue weighted by molar-refractivity contribution is 5.67. The normalized spacial score (nSPS) is 11.5. The van der Waals surface area contributed by atoms with E-state index in [0.717, 1.165) is 0 Å². The molecule has 0 aliphatic carbocycles. The number of hydrogen-bond donors (Lipinski definition) is 1. The number of rotatable bonds is 3. The van der Waals surface area contributed by atoms with Crippen LogP contribution in [0, 0.1) is 0 Å². The number of nitrogens with one attached hydrogen (secondary N) is 1. The number of carbonyl (C=O) groups is 1. The third-order valence-corrected chi connectivity index (χ3v) is 1.41. The molecule has 0 aromatic rings. The summed E-state index contributed by atoms with van der Waals surface area (Å²) in [5.74, 6) is 0. The van der Waals surface area contributed by atoms with Gasteiger partial charge >= 0.3 is 6.09 Å². The van der Waals surface area contributed by atoms with Crippen molar-refractivity contribution in [1.82, 2.24) is 5.32 Å². The van der Waals surface area contributed by atoms with Crippen molar-refractivity contribution in [1.29, 1.82) is 0 Å². The number of nitrogens with zero attached hydrogens (tertiary/aromatic N) is 1. The average Bonchev–Trinajstić information content (AvgIpc) is 1.98. The fourth-order valence-corrected chi connectivity index (χ4v) is 0.766. The molecule has 0 radical (unpaired) electrons. The van der Waals surface area contributed by atoms with Gasteiger partial charge in [0.1, 0.15) is 5.60 Å². The molecule has 0 rings (SSSR count). The van der Waals surface area contributed by atoms with E-state index in [0.29, 0.717) is 0 Å². The third-order valence-electron chi connectivity index (χ3n) is 1.41. The number of ether oxygens (including phenoxy) is 1. The molecule has 0 atom stereocenters. The monoisotopic (exact) mass is 214 g/mol. The quantitative estimate of drug-likeness (QED) is 0.573. The number of hydrogen-bond acceptors (Lipinski definition) is 4. The lowest BCUT2D eigenvalue weighted by atomic mass is 10.1. The van der Waals surface area contributed by atoms with Gasteiger partial charge in [0.15, 0.2) is 0 Å². The lowest BCUT2D eigenvalue weighted by Crippen LogP contribution is -2.40. The second kappa shape index (κ2) is 4.94. The molecule has 0 spiro atoms. The molecule has 15 heavy (non-hydrogen) atoms. The molecule has 1 amide bonds. The van der Waals surface area contributed by atoms with Crippen LogP contribution in [-0.2, 0) is 9.53 Å². The van der Waals surface area contributed by atoms with Crippen molar-refractivity contribution in [3.8, 4) is 0 Å². The van der Waals surface area contributed by atoms with Crippen LogP contribution in [-0.4, -0.2) is 29.9 Å². The second-order valence-corrected chi connectivity index (χ2v) is 4.87. The van der Waals surface area contributed by atoms with Crippen molar-refractivity contribution in [3.63, 3.8) is 0 Å². The van der Waals surface area contributed by atoms with E-state index >= 15 is 0 Å². The van der Waals surface area contributed by atoms with Crippen molar-refractivity contribution in [2.24, 2.45) is 4.99 Å². The van der Waals surface area contributed by atoms with Crippen LogP contribution in [0.3, 0.4) is 0 Å². The van der Waals surface area contributed by atoms with Gasteiger partial charge in [-0.1, -0.05) is 0 Å². The van der Waals surface area contributed by atoms with Gasteiger partial charge in [0, 0.05) is 6.54 Å². The van der Waals surface area contributed by atoms with E-state index in [2.05, 4.69) is 10.3 Å². The first-order chi connectivity index (χ1) is 6.66. The molecular weight excluding hydrogens is 196 g/mol. The van der Waals surface area contributed by atoms with Gasteiger partial charge in [-0.25, -0.2) is 9.59 Å². The van der Waals surface area contributed by atoms with Crippen molar-refractivity contribution in [3.05, 3.63) is 0 Å². The molecule has 0 aromatic carbocycles. The molecule has 5 heteroatoms. The van der Waals surface area contributed by atoms with Gasteiger partial charge in [0.25, 0.3) is 0 Å². The summed E-state index contributed by atoms with van der Waals surface area (Å²) in [4.78, 5) is 24.8. The van der Waals surface area contributed by atoms with Gasteiger partial charge in [-0.15, -0.1) is 0 Å². The first kappa shape index (κ1) is 13.7. The number of alkyl carbamates (subject to hydrolysis) is 1. The summed E-state index contributed by atoms with van der Waals surface area (Å²) in [5, 5.41) is 2.53. The maximum Gasteiger partial charge on any atom is 0.407 e. The zero-order valence-electron chi connectivity index (χ0n) is 9.88. The second-order valence-electron chi connectivity index (χ2n) is 4.87. The van der Waals surface area contributed by atoms with Crippen molar-refractivity contribution in [2.75, 3.05) is 6.54 Å². The van der Waals surface area contributed by atoms with Gasteiger partial charge in [0.05, 0.1) is 5.54 Å². The predicted molar refractivity (Wildman–Crippen MR) is 56.4 cm³/mol. The van der Waals surface area contributed by atoms with Crippen molar-refractivity contribution >= 4 is 12.2 Å². The molecule has 0 heterocycles. The highest BCUT2D eigenvalue weighted by Crippen LogP contribution is 2.08. The number of amides is 1. The maximum absolute atomic E-state index is 11.2. The highest BCUT2D eigenvalue weighted by atomic mass is 16.6. The number of aliphatic imine (C=N–C) groups is 1. The molecule has 0 unspecified atom stereocenters. The summed E-state index contributed by atoms with van der Waals surface area (Å²) >= 11 is 0. The molecule has 0 aromatic heterocycles. The van der Waals surface area contributed by atoms with Crippen LogP contribution in [0.15, 0.2) is 4.99 Å². The van der Waals surface area contributed by atoms with E-state index in [-0.39, 0.29) is 6.54 Å². The molecule has 0 aliphatic rings. The van der Waals surface area contributed by atoms with Crippen LogP contribution in [0.2, 0.25) is 0 Å². The summed E-state index contributed by atoms with van der Waals surface area (Å²) in [6, 6.07) is 0. The minimum atomic E-state index is -0.654. The Morgan fingerprint density at radius 1 is 1.33 bits per heavy atom. The Morgan fingerprint density at radius 2 is 1.87 bits per heavy atom. The summed E-state index contributed by atoms with van der Waals surface area (Å²) in [7, 11) is 0. The van der Waals surface area contributed by atoms with Gasteiger partial charge in [0.2, 0.25) is 6.08 Å². The predicted octanol–water partition coefficient (Wildman–Crippen LogP) is 1.63. The summed E-state index contributed by atoms with van der Waals surface area (Å²) in [5.41, 5.74) is -1.18. The zero-order valence-corrected chi connectivity index (χ0v) is 9.88. The largest absolute Gasteiger partial charge is 0.444 e. The van der Waals surface area contributed by atoms with E-state index in [1.54, 1.807) is 34.6 Å². The highest BCUT2D eigenvalue weighted by Gasteiger charge is 2.20. The van der Waals surface area contributed by atoms with E-state index in [1.165, 1.54) is 6.08 Å². The van der Waals surface area contributed by atoms with Crippen LogP contribution in [0.25, 0.3) is 0 Å². The van der Waals surface area contributed by atoms with Gasteiger partial charge in [-0.05, 0) is 34.6 Å². The van der Waals surface area contributed by atoms with Crippen LogP contribution in [0.4, 0.5) is 4.79 Å². The first-order valence-corrected chi connectivity index (χ1v) is 4.72. The lowest BCUT2D eigenvalue weighted by molar-refractivity contribution is 0.0518. The van der Waals surface area contributed by atoms with Crippen molar-refractivity contribution in [2.45, 2.75) is 45.8 Å². The van der Waals surface area contributed by atoms with Gasteiger partial charge < -0.3 is 10.1 Å². The topological polar surface area (TPSA) is 67.8 Å². The third kappa shape index (κ3) is 7.70. The van der Waals surface area contributed by atoms with E-state index in [4.69, 9.17) is 4.74 Å². The Balaban J connectivity index is 4.07. The van der Waals surface area contributed by atoms with Gasteiger partial charge in [-0.2, -0.15) is 4.99 Å². The fourth-order valence-electron chi connectivity index (χ4n) is 0.766. The lowest BCUT2D eigenvalue weighted by Gasteiger charge is -2.22. The van der Waals surface area contributed by atoms with Crippen LogP contribution in [0.5, 0.6) is 0 Å². The smallest absolute Gasteiger partial charge is 0.407 e. The molecule has 1 N–H and O–H groups in total. The Morgan fingerprint density at radius 3 is 2.27 bits per heavy atom. The molecule has 5 nitrogen and oxygen atoms in total. The average molecular weight is 214 g/mol. The van der Waals surface area contributed by atoms with E-state index < -0.39 is 17.2 Å². The number of carbonyl (C=O) groups excluding carboxylic acids is 2. The Labute approximate surface area is 89.9 Å². The van der Waals surface area contributed by atoms with Gasteiger partial charge in [-0.3, -0.25) is 0 Å². The summed E-state index contributed by atoms with van der Waals surface area (Å²) in [6.45, 7) is 9.01. The Bertz CT molecular complexity index is 273. The summed E-state index contributed by atoms with van der Waals surface area (Å²) in [6.07, 6.45) is 0.946. The molecule has 0 saturated carbocycles. The molecular formula is C10H18N2O3. The minimum Gasteiger partial charge on any atom is -0.444 e. The standard InChI is InChI=1S/C10H18N2O3/c1-9(2,3)15-8(14)11-6-10(4,5)12-7-13/h6H2,1-5H3,(H,11,14). The van der Waals surface area contributed by atoms with Crippen LogP contribution < -0.4 is 5.32 Å². The molecule has 0 fully saturated rings. The molecule has 0 aliphatic heterocycles. The minimum absolute atomic E-state index is 0.233. The zero-order chi connectivity index (χ0) is 12.1. The van der Waals surface area contributed by atoms with Crippen LogP contribution >= 0.6 is 0 Å². The molecule has 0 saturated heterocycles. The number of isocyanates is 1. The molecule has 0 bridgehead atoms. The fraction of sp³-hybridized carbons (Fsp3) is 0.800. The van der Waals surface area contributed by atoms with E-state index in [1.807, 2.05) is 0 Å². The summed E-state index contributed by atoms with van der Waals surface area (Å²) < 4.78 is 5.02. The first-order valence-electron chi connectivity index (χ1n) is 4.72. The molecule has 86 valence electrons. The SMILES string of the molecule is CC(C)(CNC(=O)OC(C)(C)C)N=C=O. The van der Waals surface area contributed by atoms with E-state index in [9.17, 15) is 9.59 Å².